The van der Waals surface area contributed by atoms with Crippen molar-refractivity contribution in [1.29, 1.82) is 0 Å². The van der Waals surface area contributed by atoms with Gasteiger partial charge in [0.1, 0.15) is 10.1 Å². The fraction of sp³-hybridized carbons (Fsp3) is 0.579. The second-order valence-corrected chi connectivity index (χ2v) is 8.93. The van der Waals surface area contributed by atoms with Crippen LogP contribution in [0.1, 0.15) is 50.3 Å². The third kappa shape index (κ3) is 4.12. The summed E-state index contributed by atoms with van der Waals surface area (Å²) in [6.45, 7) is 11.3. The van der Waals surface area contributed by atoms with Crippen LogP contribution in [0, 0.1) is 12.8 Å². The number of ether oxygens (including phenoxy) is 1. The second-order valence-electron chi connectivity index (χ2n) is 7.09. The lowest BCUT2D eigenvalue weighted by molar-refractivity contribution is -0.126. The minimum absolute atomic E-state index is 0.108. The lowest BCUT2D eigenvalue weighted by Gasteiger charge is -2.19. The van der Waals surface area contributed by atoms with E-state index in [2.05, 4.69) is 46.8 Å². The summed E-state index contributed by atoms with van der Waals surface area (Å²) in [7, 11) is 1.71. The Morgan fingerprint density at radius 1 is 1.29 bits per heavy atom. The maximum Gasteiger partial charge on any atom is 0.241 e. The summed E-state index contributed by atoms with van der Waals surface area (Å²) in [6.07, 6.45) is 0.716. The molecule has 0 saturated carbocycles. The number of thioether (sulfide) groups is 1. The lowest BCUT2D eigenvalue weighted by atomic mass is 9.94. The summed E-state index contributed by atoms with van der Waals surface area (Å²) in [5, 5.41) is -0.108. The zero-order valence-corrected chi connectivity index (χ0v) is 17.0. The predicted octanol–water partition coefficient (Wildman–Crippen LogP) is 4.55. The Bertz CT molecular complexity index is 640. The third-order valence-electron chi connectivity index (χ3n) is 4.27. The summed E-state index contributed by atoms with van der Waals surface area (Å²) in [6, 6.07) is 4.28. The molecule has 0 aromatic heterocycles. The Hall–Kier alpha value is -1.07. The van der Waals surface area contributed by atoms with Crippen molar-refractivity contribution in [3.8, 4) is 5.75 Å². The first kappa shape index (κ1) is 19.3. The normalized spacial score (nSPS) is 18.2. The first-order chi connectivity index (χ1) is 11.2. The number of amides is 1. The maximum atomic E-state index is 12.7. The molecule has 1 saturated heterocycles. The van der Waals surface area contributed by atoms with Crippen LogP contribution in [0.3, 0.4) is 0 Å². The monoisotopic (exact) mass is 365 g/mol. The molecule has 1 aromatic rings. The van der Waals surface area contributed by atoms with Crippen molar-refractivity contribution in [2.75, 3.05) is 13.7 Å². The van der Waals surface area contributed by atoms with Gasteiger partial charge in [-0.05, 0) is 47.9 Å². The number of rotatable bonds is 6. The molecule has 1 heterocycles. The van der Waals surface area contributed by atoms with Gasteiger partial charge in [-0.3, -0.25) is 9.69 Å². The van der Waals surface area contributed by atoms with E-state index in [1.54, 1.807) is 12.0 Å². The number of methoxy groups -OCH3 is 1. The van der Waals surface area contributed by atoms with E-state index in [-0.39, 0.29) is 11.2 Å². The SMILES string of the molecule is COc1cc(C)c(C[C@@H]2SC(=S)N(CC(C)C)C2=O)cc1C(C)C. The van der Waals surface area contributed by atoms with Crippen molar-refractivity contribution >= 4 is 34.2 Å². The van der Waals surface area contributed by atoms with E-state index in [4.69, 9.17) is 17.0 Å². The van der Waals surface area contributed by atoms with Crippen molar-refractivity contribution in [3.05, 3.63) is 28.8 Å². The first-order valence-electron chi connectivity index (χ1n) is 8.44. The molecule has 1 atom stereocenters. The molecular weight excluding hydrogens is 338 g/mol. The minimum atomic E-state index is -0.108. The quantitative estimate of drug-likeness (QED) is 0.692. The molecule has 24 heavy (non-hydrogen) atoms. The summed E-state index contributed by atoms with van der Waals surface area (Å²) in [4.78, 5) is 14.5. The zero-order chi connectivity index (χ0) is 18.0. The van der Waals surface area contributed by atoms with Crippen LogP contribution in [0.15, 0.2) is 12.1 Å². The van der Waals surface area contributed by atoms with Crippen molar-refractivity contribution < 1.29 is 9.53 Å². The van der Waals surface area contributed by atoms with Gasteiger partial charge in [-0.25, -0.2) is 0 Å². The number of hydrogen-bond acceptors (Lipinski definition) is 4. The van der Waals surface area contributed by atoms with E-state index in [0.717, 1.165) is 11.3 Å². The Balaban J connectivity index is 2.24. The predicted molar refractivity (Wildman–Crippen MR) is 106 cm³/mol. The van der Waals surface area contributed by atoms with Crippen LogP contribution in [0.5, 0.6) is 5.75 Å². The second kappa shape index (κ2) is 7.87. The third-order valence-corrected chi connectivity index (χ3v) is 5.85. The Morgan fingerprint density at radius 3 is 2.50 bits per heavy atom. The summed E-state index contributed by atoms with van der Waals surface area (Å²) < 4.78 is 6.23. The molecular formula is C19H27NO2S2. The number of benzene rings is 1. The van der Waals surface area contributed by atoms with Gasteiger partial charge < -0.3 is 4.74 Å². The molecule has 0 N–H and O–H groups in total. The van der Waals surface area contributed by atoms with Crippen molar-refractivity contribution in [2.24, 2.45) is 5.92 Å². The van der Waals surface area contributed by atoms with Gasteiger partial charge >= 0.3 is 0 Å². The van der Waals surface area contributed by atoms with E-state index in [1.165, 1.54) is 22.9 Å². The van der Waals surface area contributed by atoms with Gasteiger partial charge in [-0.2, -0.15) is 0 Å². The average Bonchev–Trinajstić information content (AvgIpc) is 2.75. The molecule has 132 valence electrons. The largest absolute Gasteiger partial charge is 0.496 e. The molecule has 1 aromatic carbocycles. The van der Waals surface area contributed by atoms with Gasteiger partial charge in [-0.1, -0.05) is 57.7 Å². The van der Waals surface area contributed by atoms with Crippen molar-refractivity contribution in [2.45, 2.75) is 52.2 Å². The molecule has 1 aliphatic rings. The molecule has 5 heteroatoms. The van der Waals surface area contributed by atoms with E-state index >= 15 is 0 Å². The fourth-order valence-electron chi connectivity index (χ4n) is 2.95. The molecule has 0 aliphatic carbocycles. The maximum absolute atomic E-state index is 12.7. The van der Waals surface area contributed by atoms with Gasteiger partial charge in [0.15, 0.2) is 0 Å². The Morgan fingerprint density at radius 2 is 1.96 bits per heavy atom. The number of carbonyl (C=O) groups excluding carboxylic acids is 1. The van der Waals surface area contributed by atoms with E-state index < -0.39 is 0 Å². The lowest BCUT2D eigenvalue weighted by Crippen LogP contribution is -2.35. The number of nitrogens with zero attached hydrogens (tertiary/aromatic N) is 1. The van der Waals surface area contributed by atoms with Crippen LogP contribution in [0.25, 0.3) is 0 Å². The van der Waals surface area contributed by atoms with E-state index in [0.29, 0.717) is 29.1 Å². The molecule has 0 bridgehead atoms. The van der Waals surface area contributed by atoms with Crippen LogP contribution >= 0.6 is 24.0 Å². The van der Waals surface area contributed by atoms with Crippen LogP contribution in [0.2, 0.25) is 0 Å². The Kier molecular flexibility index (Phi) is 6.32. The number of thiocarbonyl (C=S) groups is 1. The molecule has 0 spiro atoms. The minimum Gasteiger partial charge on any atom is -0.496 e. The topological polar surface area (TPSA) is 29.5 Å². The average molecular weight is 366 g/mol. The highest BCUT2D eigenvalue weighted by atomic mass is 32.2. The highest BCUT2D eigenvalue weighted by Crippen LogP contribution is 2.34. The molecule has 0 unspecified atom stereocenters. The van der Waals surface area contributed by atoms with Crippen molar-refractivity contribution in [3.63, 3.8) is 0 Å². The van der Waals surface area contributed by atoms with Gasteiger partial charge in [0, 0.05) is 6.54 Å². The van der Waals surface area contributed by atoms with Gasteiger partial charge in [-0.15, -0.1) is 0 Å². The van der Waals surface area contributed by atoms with Gasteiger partial charge in [0.05, 0.1) is 12.4 Å². The summed E-state index contributed by atoms with van der Waals surface area (Å²) >= 11 is 6.95. The molecule has 1 aliphatic heterocycles. The van der Waals surface area contributed by atoms with Crippen LogP contribution in [-0.4, -0.2) is 34.0 Å². The summed E-state index contributed by atoms with van der Waals surface area (Å²) in [5.74, 6) is 1.87. The fourth-order valence-corrected chi connectivity index (χ4v) is 4.49. The van der Waals surface area contributed by atoms with Gasteiger partial charge in [0.2, 0.25) is 5.91 Å². The number of aryl methyl sites for hydroxylation is 1. The van der Waals surface area contributed by atoms with Crippen LogP contribution in [0.4, 0.5) is 0 Å². The summed E-state index contributed by atoms with van der Waals surface area (Å²) in [5.41, 5.74) is 3.56. The highest BCUT2D eigenvalue weighted by molar-refractivity contribution is 8.24. The molecule has 1 amide bonds. The molecule has 3 nitrogen and oxygen atoms in total. The van der Waals surface area contributed by atoms with Crippen molar-refractivity contribution in [1.82, 2.24) is 4.90 Å². The highest BCUT2D eigenvalue weighted by Gasteiger charge is 2.37. The standard InChI is InChI=1S/C19H27NO2S2/c1-11(2)10-20-18(21)17(24-19(20)23)9-14-8-15(12(3)4)16(22-6)7-13(14)5/h7-8,11-12,17H,9-10H2,1-6H3/t17-/m0/s1. The molecule has 2 rings (SSSR count). The first-order valence-corrected chi connectivity index (χ1v) is 9.72. The zero-order valence-electron chi connectivity index (χ0n) is 15.4. The van der Waals surface area contributed by atoms with Crippen LogP contribution < -0.4 is 4.74 Å². The Labute approximate surface area is 155 Å². The van der Waals surface area contributed by atoms with Gasteiger partial charge in [0.25, 0.3) is 0 Å². The smallest absolute Gasteiger partial charge is 0.241 e. The van der Waals surface area contributed by atoms with E-state index in [1.807, 2.05) is 0 Å². The molecule has 0 radical (unpaired) electrons. The van der Waals surface area contributed by atoms with Crippen LogP contribution in [-0.2, 0) is 11.2 Å². The molecule has 1 fully saturated rings. The van der Waals surface area contributed by atoms with E-state index in [9.17, 15) is 4.79 Å². The number of carbonyl (C=O) groups is 1. The number of hydrogen-bond donors (Lipinski definition) is 0.